The number of carboxylic acid groups (broad SMARTS) is 1. The highest BCUT2D eigenvalue weighted by Gasteiger charge is 2.29. The average molecular weight is 371 g/mol. The number of hydrogen-bond donors (Lipinski definition) is 2. The van der Waals surface area contributed by atoms with Crippen molar-refractivity contribution >= 4 is 28.7 Å². The quantitative estimate of drug-likeness (QED) is 0.838. The first kappa shape index (κ1) is 18.9. The van der Waals surface area contributed by atoms with Gasteiger partial charge in [-0.3, -0.25) is 14.4 Å². The molecule has 1 aliphatic rings. The monoisotopic (exact) mass is 371 g/mol. The molecule has 0 spiro atoms. The Labute approximate surface area is 157 Å². The van der Waals surface area contributed by atoms with Crippen molar-refractivity contribution in [1.82, 2.24) is 14.8 Å². The fraction of sp³-hybridized carbons (Fsp3) is 0.450. The SMILES string of the molecule is Cc1cccc2c(CC(=O)N(C)CC(=O)N3CCCC(C(=O)O)C3)c[nH]c12. The third kappa shape index (κ3) is 4.13. The number of aryl methyl sites for hydroxylation is 1. The number of amides is 2. The van der Waals surface area contributed by atoms with Crippen LogP contribution in [0.4, 0.5) is 0 Å². The molecule has 1 aromatic heterocycles. The number of likely N-dealkylation sites (N-methyl/N-ethyl adjacent to an activating group) is 1. The number of fused-ring (bicyclic) bond motifs is 1. The normalized spacial score (nSPS) is 17.1. The Kier molecular flexibility index (Phi) is 5.48. The zero-order valence-corrected chi connectivity index (χ0v) is 15.7. The third-order valence-electron chi connectivity index (χ3n) is 5.27. The van der Waals surface area contributed by atoms with Gasteiger partial charge >= 0.3 is 5.97 Å². The van der Waals surface area contributed by atoms with E-state index < -0.39 is 11.9 Å². The lowest BCUT2D eigenvalue weighted by molar-refractivity contribution is -0.147. The Morgan fingerprint density at radius 1 is 1.33 bits per heavy atom. The van der Waals surface area contributed by atoms with Gasteiger partial charge in [-0.2, -0.15) is 0 Å². The minimum atomic E-state index is -0.869. The van der Waals surface area contributed by atoms with Crippen LogP contribution in [0.5, 0.6) is 0 Å². The van der Waals surface area contributed by atoms with Gasteiger partial charge in [-0.1, -0.05) is 18.2 Å². The van der Waals surface area contributed by atoms with Crippen LogP contribution in [0.1, 0.15) is 24.0 Å². The molecule has 1 fully saturated rings. The van der Waals surface area contributed by atoms with E-state index in [1.807, 2.05) is 31.3 Å². The number of rotatable bonds is 5. The third-order valence-corrected chi connectivity index (χ3v) is 5.27. The Balaban J connectivity index is 1.61. The number of piperidine rings is 1. The number of hydrogen-bond acceptors (Lipinski definition) is 3. The number of nitrogens with one attached hydrogen (secondary N) is 1. The molecular weight excluding hydrogens is 346 g/mol. The molecule has 7 nitrogen and oxygen atoms in total. The zero-order valence-electron chi connectivity index (χ0n) is 15.7. The number of benzene rings is 1. The first-order chi connectivity index (χ1) is 12.9. The molecule has 1 saturated heterocycles. The van der Waals surface area contributed by atoms with Crippen molar-refractivity contribution in [3.05, 3.63) is 35.5 Å². The molecule has 3 rings (SSSR count). The number of carbonyl (C=O) groups is 3. The standard InChI is InChI=1S/C20H25N3O4/c1-13-5-3-7-16-15(10-21-19(13)16)9-17(24)22(2)12-18(25)23-8-4-6-14(11-23)20(26)27/h3,5,7,10,14,21H,4,6,8-9,11-12H2,1-2H3,(H,26,27). The maximum atomic E-state index is 12.6. The molecule has 1 unspecified atom stereocenters. The van der Waals surface area contributed by atoms with Crippen molar-refractivity contribution in [1.29, 1.82) is 0 Å². The van der Waals surface area contributed by atoms with Crippen LogP contribution in [0.3, 0.4) is 0 Å². The topological polar surface area (TPSA) is 93.7 Å². The minimum absolute atomic E-state index is 0.0352. The van der Waals surface area contributed by atoms with Crippen LogP contribution in [0, 0.1) is 12.8 Å². The highest BCUT2D eigenvalue weighted by atomic mass is 16.4. The number of H-pyrrole nitrogens is 1. The number of aliphatic carboxylic acids is 1. The van der Waals surface area contributed by atoms with E-state index in [4.69, 9.17) is 5.11 Å². The van der Waals surface area contributed by atoms with Crippen LogP contribution < -0.4 is 0 Å². The maximum Gasteiger partial charge on any atom is 0.308 e. The van der Waals surface area contributed by atoms with Crippen molar-refractivity contribution in [2.45, 2.75) is 26.2 Å². The van der Waals surface area contributed by atoms with E-state index >= 15 is 0 Å². The van der Waals surface area contributed by atoms with E-state index in [2.05, 4.69) is 4.98 Å². The molecule has 0 radical (unpaired) electrons. The lowest BCUT2D eigenvalue weighted by atomic mass is 9.98. The van der Waals surface area contributed by atoms with Gasteiger partial charge in [0, 0.05) is 37.2 Å². The summed E-state index contributed by atoms with van der Waals surface area (Å²) in [5, 5.41) is 10.2. The molecule has 1 aliphatic heterocycles. The van der Waals surface area contributed by atoms with Gasteiger partial charge in [0.15, 0.2) is 0 Å². The van der Waals surface area contributed by atoms with Crippen molar-refractivity contribution < 1.29 is 19.5 Å². The summed E-state index contributed by atoms with van der Waals surface area (Å²) in [7, 11) is 1.61. The van der Waals surface area contributed by atoms with E-state index in [0.29, 0.717) is 19.4 Å². The first-order valence-corrected chi connectivity index (χ1v) is 9.17. The number of carboxylic acids is 1. The first-order valence-electron chi connectivity index (χ1n) is 9.17. The van der Waals surface area contributed by atoms with Gasteiger partial charge < -0.3 is 19.9 Å². The molecule has 0 aliphatic carbocycles. The molecule has 144 valence electrons. The molecule has 0 bridgehead atoms. The molecule has 2 amide bonds. The van der Waals surface area contributed by atoms with Crippen LogP contribution in [-0.2, 0) is 20.8 Å². The van der Waals surface area contributed by atoms with Crippen LogP contribution in [0.25, 0.3) is 10.9 Å². The van der Waals surface area contributed by atoms with Crippen LogP contribution in [0.2, 0.25) is 0 Å². The van der Waals surface area contributed by atoms with Gasteiger partial charge in [-0.15, -0.1) is 0 Å². The van der Waals surface area contributed by atoms with E-state index in [-0.39, 0.29) is 31.3 Å². The number of aromatic nitrogens is 1. The van der Waals surface area contributed by atoms with Crippen LogP contribution in [0.15, 0.2) is 24.4 Å². The predicted molar refractivity (Wildman–Crippen MR) is 101 cm³/mol. The van der Waals surface area contributed by atoms with E-state index in [9.17, 15) is 14.4 Å². The number of para-hydroxylation sites is 1. The Morgan fingerprint density at radius 3 is 2.85 bits per heavy atom. The van der Waals surface area contributed by atoms with E-state index in [0.717, 1.165) is 22.0 Å². The van der Waals surface area contributed by atoms with E-state index in [1.54, 1.807) is 11.9 Å². The Morgan fingerprint density at radius 2 is 2.11 bits per heavy atom. The zero-order chi connectivity index (χ0) is 19.6. The molecule has 2 N–H and O–H groups in total. The predicted octanol–water partition coefficient (Wildman–Crippen LogP) is 1.80. The van der Waals surface area contributed by atoms with Crippen molar-refractivity contribution in [2.24, 2.45) is 5.92 Å². The Bertz CT molecular complexity index is 873. The highest BCUT2D eigenvalue weighted by molar-refractivity contribution is 5.91. The summed E-state index contributed by atoms with van der Waals surface area (Å²) in [6.45, 7) is 2.75. The summed E-state index contributed by atoms with van der Waals surface area (Å²) in [5.41, 5.74) is 3.04. The summed E-state index contributed by atoms with van der Waals surface area (Å²) in [4.78, 5) is 42.4. The van der Waals surface area contributed by atoms with Gasteiger partial charge in [-0.25, -0.2) is 0 Å². The summed E-state index contributed by atoms with van der Waals surface area (Å²) in [6.07, 6.45) is 3.32. The Hall–Kier alpha value is -2.83. The average Bonchev–Trinajstić information content (AvgIpc) is 3.06. The molecule has 1 atom stereocenters. The maximum absolute atomic E-state index is 12.6. The molecule has 27 heavy (non-hydrogen) atoms. The summed E-state index contributed by atoms with van der Waals surface area (Å²) in [6, 6.07) is 5.95. The lowest BCUT2D eigenvalue weighted by Gasteiger charge is -2.32. The smallest absolute Gasteiger partial charge is 0.308 e. The molecule has 0 saturated carbocycles. The van der Waals surface area contributed by atoms with Gasteiger partial charge in [0.05, 0.1) is 18.9 Å². The number of nitrogens with zero attached hydrogens (tertiary/aromatic N) is 2. The minimum Gasteiger partial charge on any atom is -0.481 e. The van der Waals surface area contributed by atoms with Crippen molar-refractivity contribution in [3.63, 3.8) is 0 Å². The molecule has 2 aromatic rings. The van der Waals surface area contributed by atoms with Gasteiger partial charge in [0.25, 0.3) is 0 Å². The summed E-state index contributed by atoms with van der Waals surface area (Å²) in [5.74, 6) is -1.73. The molecule has 2 heterocycles. The second-order valence-electron chi connectivity index (χ2n) is 7.26. The van der Waals surface area contributed by atoms with Crippen LogP contribution in [-0.4, -0.2) is 64.4 Å². The second-order valence-corrected chi connectivity index (χ2v) is 7.26. The fourth-order valence-corrected chi connectivity index (χ4v) is 3.60. The summed E-state index contributed by atoms with van der Waals surface area (Å²) < 4.78 is 0. The van der Waals surface area contributed by atoms with Gasteiger partial charge in [-0.05, 0) is 30.9 Å². The molecule has 7 heteroatoms. The lowest BCUT2D eigenvalue weighted by Crippen LogP contribution is -2.47. The summed E-state index contributed by atoms with van der Waals surface area (Å²) >= 11 is 0. The second kappa shape index (κ2) is 7.82. The van der Waals surface area contributed by atoms with E-state index in [1.165, 1.54) is 4.90 Å². The van der Waals surface area contributed by atoms with Crippen molar-refractivity contribution in [3.8, 4) is 0 Å². The largest absolute Gasteiger partial charge is 0.481 e. The van der Waals surface area contributed by atoms with Crippen molar-refractivity contribution in [2.75, 3.05) is 26.7 Å². The number of carbonyl (C=O) groups excluding carboxylic acids is 2. The molecular formula is C20H25N3O4. The number of likely N-dealkylation sites (tertiary alicyclic amines) is 1. The van der Waals surface area contributed by atoms with Crippen LogP contribution >= 0.6 is 0 Å². The van der Waals surface area contributed by atoms with Gasteiger partial charge in [0.1, 0.15) is 0 Å². The highest BCUT2D eigenvalue weighted by Crippen LogP contribution is 2.22. The number of aromatic amines is 1. The van der Waals surface area contributed by atoms with Gasteiger partial charge in [0.2, 0.25) is 11.8 Å². The molecule has 1 aromatic carbocycles. The fourth-order valence-electron chi connectivity index (χ4n) is 3.60.